The molecule has 0 aliphatic rings. The van der Waals surface area contributed by atoms with Crippen LogP contribution in [0.4, 0.5) is 0 Å². The number of carbonyl (C=O) groups excluding carboxylic acids is 1. The van der Waals surface area contributed by atoms with Gasteiger partial charge in [0.15, 0.2) is 0 Å². The van der Waals surface area contributed by atoms with Gasteiger partial charge in [-0.25, -0.2) is 0 Å². The minimum atomic E-state index is -1.16. The molecule has 0 unspecified atom stereocenters. The van der Waals surface area contributed by atoms with Gasteiger partial charge in [0.2, 0.25) is 0 Å². The number of nitrogens with zero attached hydrogens (tertiary/aromatic N) is 1. The van der Waals surface area contributed by atoms with Crippen LogP contribution in [0.3, 0.4) is 0 Å². The SMILES string of the molecule is O=C([O-])c1cccc(/C=C/c2cccc(-c3cncs3)c2)c1. The molecule has 0 N–H and O–H groups in total. The standard InChI is InChI=1S/C18H13NO2S/c20-18(21)16-6-2-4-14(10-16)8-7-13-3-1-5-15(9-13)17-11-19-12-22-17/h1-12H,(H,20,21)/p-1/b8-7+. The molecule has 3 nitrogen and oxygen atoms in total. The molecule has 0 aliphatic heterocycles. The number of rotatable bonds is 4. The number of carbonyl (C=O) groups is 1. The largest absolute Gasteiger partial charge is 0.545 e. The summed E-state index contributed by atoms with van der Waals surface area (Å²) in [5.74, 6) is -1.16. The molecule has 0 radical (unpaired) electrons. The van der Waals surface area contributed by atoms with Gasteiger partial charge in [0, 0.05) is 6.20 Å². The molecule has 4 heteroatoms. The Balaban J connectivity index is 1.85. The first-order valence-corrected chi connectivity index (χ1v) is 7.59. The maximum atomic E-state index is 10.9. The van der Waals surface area contributed by atoms with Gasteiger partial charge in [-0.15, -0.1) is 11.3 Å². The monoisotopic (exact) mass is 306 g/mol. The molecule has 0 spiro atoms. The number of carboxylic acids is 1. The first-order chi connectivity index (χ1) is 10.7. The summed E-state index contributed by atoms with van der Waals surface area (Å²) in [6.45, 7) is 0. The van der Waals surface area contributed by atoms with Crippen molar-refractivity contribution in [1.82, 2.24) is 4.98 Å². The minimum Gasteiger partial charge on any atom is -0.545 e. The summed E-state index contributed by atoms with van der Waals surface area (Å²) in [6.07, 6.45) is 5.69. The van der Waals surface area contributed by atoms with Gasteiger partial charge in [0.25, 0.3) is 0 Å². The molecule has 1 aromatic heterocycles. The molecular formula is C18H12NO2S-. The van der Waals surface area contributed by atoms with Crippen LogP contribution in [0.5, 0.6) is 0 Å². The third-order valence-electron chi connectivity index (χ3n) is 3.19. The fourth-order valence-electron chi connectivity index (χ4n) is 2.12. The number of benzene rings is 2. The molecule has 3 aromatic rings. The van der Waals surface area contributed by atoms with Gasteiger partial charge in [-0.1, -0.05) is 48.6 Å². The van der Waals surface area contributed by atoms with Crippen LogP contribution >= 0.6 is 11.3 Å². The lowest BCUT2D eigenvalue weighted by atomic mass is 10.1. The lowest BCUT2D eigenvalue weighted by molar-refractivity contribution is -0.255. The van der Waals surface area contributed by atoms with Gasteiger partial charge < -0.3 is 9.90 Å². The summed E-state index contributed by atoms with van der Waals surface area (Å²) >= 11 is 1.60. The van der Waals surface area contributed by atoms with Gasteiger partial charge in [0.1, 0.15) is 0 Å². The average Bonchev–Trinajstić information content (AvgIpc) is 3.08. The summed E-state index contributed by atoms with van der Waals surface area (Å²) in [6, 6.07) is 14.8. The average molecular weight is 306 g/mol. The van der Waals surface area contributed by atoms with E-state index in [1.54, 1.807) is 23.5 Å². The van der Waals surface area contributed by atoms with Crippen LogP contribution in [0.15, 0.2) is 60.2 Å². The van der Waals surface area contributed by atoms with E-state index in [1.807, 2.05) is 48.1 Å². The first kappa shape index (κ1) is 14.2. The van der Waals surface area contributed by atoms with E-state index < -0.39 is 5.97 Å². The molecule has 0 saturated carbocycles. The highest BCUT2D eigenvalue weighted by Crippen LogP contribution is 2.24. The van der Waals surface area contributed by atoms with Crippen molar-refractivity contribution in [3.05, 3.63) is 76.9 Å². The second-order valence-corrected chi connectivity index (χ2v) is 5.62. The fourth-order valence-corrected chi connectivity index (χ4v) is 2.74. The van der Waals surface area contributed by atoms with Crippen LogP contribution < -0.4 is 5.11 Å². The first-order valence-electron chi connectivity index (χ1n) is 6.71. The summed E-state index contributed by atoms with van der Waals surface area (Å²) in [5.41, 5.74) is 4.98. The Labute approximate surface area is 132 Å². The zero-order valence-electron chi connectivity index (χ0n) is 11.6. The van der Waals surface area contributed by atoms with Crippen LogP contribution in [0, 0.1) is 0 Å². The second-order valence-electron chi connectivity index (χ2n) is 4.74. The predicted octanol–water partition coefficient (Wildman–Crippen LogP) is 3.34. The number of aromatic carboxylic acids is 1. The van der Waals surface area contributed by atoms with E-state index in [0.717, 1.165) is 21.6 Å². The van der Waals surface area contributed by atoms with E-state index in [1.165, 1.54) is 6.07 Å². The minimum absolute atomic E-state index is 0.181. The number of thiazole rings is 1. The maximum absolute atomic E-state index is 10.9. The molecule has 2 aromatic carbocycles. The smallest absolute Gasteiger partial charge is 0.0797 e. The van der Waals surface area contributed by atoms with Gasteiger partial charge in [-0.05, 0) is 34.4 Å². The highest BCUT2D eigenvalue weighted by molar-refractivity contribution is 7.13. The van der Waals surface area contributed by atoms with Gasteiger partial charge in [-0.2, -0.15) is 0 Å². The Kier molecular flexibility index (Phi) is 4.12. The summed E-state index contributed by atoms with van der Waals surface area (Å²) in [5, 5.41) is 10.9. The zero-order valence-corrected chi connectivity index (χ0v) is 12.4. The molecule has 0 fully saturated rings. The predicted molar refractivity (Wildman–Crippen MR) is 87.3 cm³/mol. The molecule has 0 atom stereocenters. The Morgan fingerprint density at radius 1 is 1.05 bits per heavy atom. The molecular weight excluding hydrogens is 294 g/mol. The van der Waals surface area contributed by atoms with E-state index >= 15 is 0 Å². The van der Waals surface area contributed by atoms with Gasteiger partial charge >= 0.3 is 0 Å². The van der Waals surface area contributed by atoms with Gasteiger partial charge in [-0.3, -0.25) is 4.98 Å². The molecule has 22 heavy (non-hydrogen) atoms. The topological polar surface area (TPSA) is 53.0 Å². The third kappa shape index (κ3) is 3.30. The quantitative estimate of drug-likeness (QED) is 0.695. The van der Waals surface area contributed by atoms with Crippen LogP contribution in [0.1, 0.15) is 21.5 Å². The van der Waals surface area contributed by atoms with Crippen molar-refractivity contribution in [2.45, 2.75) is 0 Å². The van der Waals surface area contributed by atoms with Crippen molar-refractivity contribution >= 4 is 29.5 Å². The van der Waals surface area contributed by atoms with Crippen LogP contribution in [0.25, 0.3) is 22.6 Å². The summed E-state index contributed by atoms with van der Waals surface area (Å²) < 4.78 is 0. The summed E-state index contributed by atoms with van der Waals surface area (Å²) in [7, 11) is 0. The van der Waals surface area contributed by atoms with E-state index in [9.17, 15) is 9.90 Å². The number of aromatic nitrogens is 1. The number of hydrogen-bond donors (Lipinski definition) is 0. The van der Waals surface area contributed by atoms with Crippen molar-refractivity contribution in [2.24, 2.45) is 0 Å². The van der Waals surface area contributed by atoms with Crippen molar-refractivity contribution in [3.8, 4) is 10.4 Å². The molecule has 108 valence electrons. The molecule has 0 bridgehead atoms. The Morgan fingerprint density at radius 3 is 2.45 bits per heavy atom. The van der Waals surface area contributed by atoms with Crippen LogP contribution in [-0.4, -0.2) is 11.0 Å². The van der Waals surface area contributed by atoms with Crippen LogP contribution in [-0.2, 0) is 0 Å². The Bertz CT molecular complexity index is 823. The Hall–Kier alpha value is -2.72. The lowest BCUT2D eigenvalue weighted by Gasteiger charge is -2.03. The van der Waals surface area contributed by atoms with Crippen molar-refractivity contribution in [1.29, 1.82) is 0 Å². The fraction of sp³-hybridized carbons (Fsp3) is 0. The molecule has 0 amide bonds. The van der Waals surface area contributed by atoms with Crippen LogP contribution in [0.2, 0.25) is 0 Å². The lowest BCUT2D eigenvalue weighted by Crippen LogP contribution is -2.22. The van der Waals surface area contributed by atoms with E-state index in [4.69, 9.17) is 0 Å². The van der Waals surface area contributed by atoms with E-state index in [-0.39, 0.29) is 5.56 Å². The number of hydrogen-bond acceptors (Lipinski definition) is 4. The van der Waals surface area contributed by atoms with Crippen molar-refractivity contribution in [2.75, 3.05) is 0 Å². The molecule has 1 heterocycles. The van der Waals surface area contributed by atoms with Crippen molar-refractivity contribution in [3.63, 3.8) is 0 Å². The zero-order chi connectivity index (χ0) is 15.4. The van der Waals surface area contributed by atoms with E-state index in [2.05, 4.69) is 11.1 Å². The van der Waals surface area contributed by atoms with Gasteiger partial charge in [0.05, 0.1) is 16.4 Å². The second kappa shape index (κ2) is 6.37. The normalized spacial score (nSPS) is 10.9. The van der Waals surface area contributed by atoms with Crippen molar-refractivity contribution < 1.29 is 9.90 Å². The van der Waals surface area contributed by atoms with E-state index in [0.29, 0.717) is 0 Å². The maximum Gasteiger partial charge on any atom is 0.0797 e. The highest BCUT2D eigenvalue weighted by atomic mass is 32.1. The number of carboxylic acid groups (broad SMARTS) is 1. The highest BCUT2D eigenvalue weighted by Gasteiger charge is 1.99. The molecule has 0 aliphatic carbocycles. The summed E-state index contributed by atoms with van der Waals surface area (Å²) in [4.78, 5) is 16.1. The Morgan fingerprint density at radius 2 is 1.77 bits per heavy atom. The third-order valence-corrected chi connectivity index (χ3v) is 4.02. The molecule has 3 rings (SSSR count). The molecule has 0 saturated heterocycles.